The summed E-state index contributed by atoms with van der Waals surface area (Å²) in [6, 6.07) is 3.58. The Labute approximate surface area is 147 Å². The standard InChI is InChI=1S/C17H16F2N6O/c1-9-7-10(2)25-16(20-9)21-15(23-25)22-17(26)24-6-5-11-12(8-24)14(19)4-3-13(11)18/h3-4,7H,5-6,8H2,1-2H3,(H,22,23,26). The molecular formula is C17H16F2N6O. The number of urea groups is 1. The Morgan fingerprint density at radius 1 is 1.15 bits per heavy atom. The molecule has 134 valence electrons. The molecule has 0 atom stereocenters. The van der Waals surface area contributed by atoms with Crippen LogP contribution < -0.4 is 5.32 Å². The summed E-state index contributed by atoms with van der Waals surface area (Å²) in [5.41, 5.74) is 2.17. The van der Waals surface area contributed by atoms with E-state index >= 15 is 0 Å². The number of nitrogens with one attached hydrogen (secondary N) is 1. The van der Waals surface area contributed by atoms with Crippen molar-refractivity contribution in [2.24, 2.45) is 0 Å². The summed E-state index contributed by atoms with van der Waals surface area (Å²) in [6.07, 6.45) is 0.255. The van der Waals surface area contributed by atoms with Crippen LogP contribution in [0.25, 0.3) is 5.78 Å². The maximum Gasteiger partial charge on any atom is 0.324 e. The Bertz CT molecular complexity index is 1030. The number of fused-ring (bicyclic) bond motifs is 2. The molecular weight excluding hydrogens is 342 g/mol. The van der Waals surface area contributed by atoms with Gasteiger partial charge in [0.2, 0.25) is 0 Å². The van der Waals surface area contributed by atoms with Crippen molar-refractivity contribution < 1.29 is 13.6 Å². The van der Waals surface area contributed by atoms with Crippen LogP contribution in [0.15, 0.2) is 18.2 Å². The van der Waals surface area contributed by atoms with Crippen molar-refractivity contribution in [3.63, 3.8) is 0 Å². The second-order valence-corrected chi connectivity index (χ2v) is 6.27. The SMILES string of the molecule is Cc1cc(C)n2nc(NC(=O)N3CCc4c(F)ccc(F)c4C3)nc2n1. The zero-order valence-corrected chi connectivity index (χ0v) is 14.3. The minimum Gasteiger partial charge on any atom is -0.320 e. The molecule has 0 radical (unpaired) electrons. The van der Waals surface area contributed by atoms with Crippen LogP contribution in [0.1, 0.15) is 22.5 Å². The quantitative estimate of drug-likeness (QED) is 0.726. The fourth-order valence-corrected chi connectivity index (χ4v) is 3.16. The van der Waals surface area contributed by atoms with Crippen molar-refractivity contribution in [3.8, 4) is 0 Å². The van der Waals surface area contributed by atoms with E-state index in [4.69, 9.17) is 0 Å². The topological polar surface area (TPSA) is 75.4 Å². The van der Waals surface area contributed by atoms with E-state index in [-0.39, 0.29) is 31.0 Å². The van der Waals surface area contributed by atoms with Gasteiger partial charge in [-0.3, -0.25) is 5.32 Å². The highest BCUT2D eigenvalue weighted by Crippen LogP contribution is 2.24. The molecule has 3 aromatic rings. The zero-order chi connectivity index (χ0) is 18.4. The molecule has 9 heteroatoms. The van der Waals surface area contributed by atoms with Crippen molar-refractivity contribution in [2.45, 2.75) is 26.8 Å². The summed E-state index contributed by atoms with van der Waals surface area (Å²) in [4.78, 5) is 22.4. The Morgan fingerprint density at radius 3 is 2.65 bits per heavy atom. The minimum absolute atomic E-state index is 0.00544. The van der Waals surface area contributed by atoms with Gasteiger partial charge >= 0.3 is 6.03 Å². The number of benzene rings is 1. The molecule has 0 spiro atoms. The van der Waals surface area contributed by atoms with Crippen LogP contribution in [0.5, 0.6) is 0 Å². The predicted octanol–water partition coefficient (Wildman–Crippen LogP) is 2.61. The maximum atomic E-state index is 14.0. The van der Waals surface area contributed by atoms with Crippen LogP contribution in [0.3, 0.4) is 0 Å². The number of carbonyl (C=O) groups excluding carboxylic acids is 1. The molecule has 1 N–H and O–H groups in total. The lowest BCUT2D eigenvalue weighted by Gasteiger charge is -2.28. The van der Waals surface area contributed by atoms with E-state index in [1.165, 1.54) is 9.42 Å². The van der Waals surface area contributed by atoms with Crippen molar-refractivity contribution in [1.82, 2.24) is 24.5 Å². The normalized spacial score (nSPS) is 13.8. The lowest BCUT2D eigenvalue weighted by atomic mass is 9.99. The van der Waals surface area contributed by atoms with Gasteiger partial charge in [-0.05, 0) is 44.0 Å². The molecule has 2 aromatic heterocycles. The molecule has 0 saturated heterocycles. The number of rotatable bonds is 1. The first-order valence-electron chi connectivity index (χ1n) is 8.15. The summed E-state index contributed by atoms with van der Waals surface area (Å²) in [6.45, 7) is 3.98. The van der Waals surface area contributed by atoms with Gasteiger partial charge in [0.1, 0.15) is 11.6 Å². The smallest absolute Gasteiger partial charge is 0.320 e. The molecule has 0 fully saturated rings. The Morgan fingerprint density at radius 2 is 1.88 bits per heavy atom. The van der Waals surface area contributed by atoms with E-state index in [0.29, 0.717) is 11.3 Å². The Balaban J connectivity index is 1.56. The van der Waals surface area contributed by atoms with Crippen molar-refractivity contribution in [2.75, 3.05) is 11.9 Å². The van der Waals surface area contributed by atoms with Crippen molar-refractivity contribution in [3.05, 3.63) is 52.3 Å². The third-order valence-corrected chi connectivity index (χ3v) is 4.42. The predicted molar refractivity (Wildman–Crippen MR) is 89.7 cm³/mol. The third-order valence-electron chi connectivity index (χ3n) is 4.42. The highest BCUT2D eigenvalue weighted by Gasteiger charge is 2.26. The first kappa shape index (κ1) is 16.4. The van der Waals surface area contributed by atoms with E-state index < -0.39 is 17.7 Å². The molecule has 7 nitrogen and oxygen atoms in total. The molecule has 2 amide bonds. The minimum atomic E-state index is -0.514. The van der Waals surface area contributed by atoms with E-state index in [1.54, 1.807) is 0 Å². The molecule has 1 aliphatic heterocycles. The van der Waals surface area contributed by atoms with Gasteiger partial charge in [0.15, 0.2) is 0 Å². The number of aryl methyl sites for hydroxylation is 2. The van der Waals surface area contributed by atoms with Gasteiger partial charge in [-0.1, -0.05) is 0 Å². The number of amides is 2. The molecule has 26 heavy (non-hydrogen) atoms. The fourth-order valence-electron chi connectivity index (χ4n) is 3.16. The summed E-state index contributed by atoms with van der Waals surface area (Å²) < 4.78 is 29.3. The van der Waals surface area contributed by atoms with Gasteiger partial charge in [-0.15, -0.1) is 5.10 Å². The van der Waals surface area contributed by atoms with E-state index in [2.05, 4.69) is 20.4 Å². The number of aromatic nitrogens is 4. The molecule has 1 aliphatic rings. The van der Waals surface area contributed by atoms with Crippen molar-refractivity contribution in [1.29, 1.82) is 0 Å². The number of nitrogens with zero attached hydrogens (tertiary/aromatic N) is 5. The number of hydrogen-bond acceptors (Lipinski definition) is 4. The molecule has 0 saturated carbocycles. The fraction of sp³-hybridized carbons (Fsp3) is 0.294. The van der Waals surface area contributed by atoms with Crippen molar-refractivity contribution >= 4 is 17.8 Å². The highest BCUT2D eigenvalue weighted by atomic mass is 19.1. The first-order valence-corrected chi connectivity index (χ1v) is 8.15. The van der Waals surface area contributed by atoms with E-state index in [9.17, 15) is 13.6 Å². The molecule has 1 aromatic carbocycles. The van der Waals surface area contributed by atoms with E-state index in [0.717, 1.165) is 23.5 Å². The summed E-state index contributed by atoms with van der Waals surface area (Å²) in [5, 5.41) is 6.81. The monoisotopic (exact) mass is 358 g/mol. The molecule has 0 aliphatic carbocycles. The van der Waals surface area contributed by atoms with Crippen LogP contribution in [0.4, 0.5) is 19.5 Å². The maximum absolute atomic E-state index is 14.0. The number of halogens is 2. The van der Waals surface area contributed by atoms with Gasteiger partial charge in [0, 0.05) is 23.5 Å². The average molecular weight is 358 g/mol. The Kier molecular flexibility index (Phi) is 3.78. The molecule has 0 unspecified atom stereocenters. The van der Waals surface area contributed by atoms with Crippen LogP contribution >= 0.6 is 0 Å². The molecule has 4 rings (SSSR count). The van der Waals surface area contributed by atoms with Gasteiger partial charge < -0.3 is 4.90 Å². The Hall–Kier alpha value is -3.10. The lowest BCUT2D eigenvalue weighted by Crippen LogP contribution is -2.39. The van der Waals surface area contributed by atoms with Crippen LogP contribution in [0.2, 0.25) is 0 Å². The third kappa shape index (κ3) is 2.75. The lowest BCUT2D eigenvalue weighted by molar-refractivity contribution is 0.204. The largest absolute Gasteiger partial charge is 0.324 e. The van der Waals surface area contributed by atoms with Gasteiger partial charge in [-0.2, -0.15) is 9.50 Å². The van der Waals surface area contributed by atoms with Gasteiger partial charge in [-0.25, -0.2) is 18.6 Å². The second kappa shape index (κ2) is 6.01. The first-order chi connectivity index (χ1) is 12.4. The zero-order valence-electron chi connectivity index (χ0n) is 14.3. The molecule has 0 bridgehead atoms. The number of anilines is 1. The molecule has 3 heterocycles. The van der Waals surface area contributed by atoms with Gasteiger partial charge in [0.25, 0.3) is 11.7 Å². The summed E-state index contributed by atoms with van der Waals surface area (Å²) in [7, 11) is 0. The number of hydrogen-bond donors (Lipinski definition) is 1. The summed E-state index contributed by atoms with van der Waals surface area (Å²) >= 11 is 0. The average Bonchev–Trinajstić information content (AvgIpc) is 3.00. The van der Waals surface area contributed by atoms with Crippen LogP contribution in [-0.2, 0) is 13.0 Å². The number of carbonyl (C=O) groups is 1. The summed E-state index contributed by atoms with van der Waals surface area (Å²) in [5.74, 6) is -0.461. The van der Waals surface area contributed by atoms with Crippen LogP contribution in [-0.4, -0.2) is 37.1 Å². The van der Waals surface area contributed by atoms with Crippen LogP contribution in [0, 0.1) is 25.5 Å². The van der Waals surface area contributed by atoms with Gasteiger partial charge in [0.05, 0.1) is 6.54 Å². The van der Waals surface area contributed by atoms with E-state index in [1.807, 2.05) is 19.9 Å². The second-order valence-electron chi connectivity index (χ2n) is 6.27. The highest BCUT2D eigenvalue weighted by molar-refractivity contribution is 5.87.